The Balaban J connectivity index is 1.73. The van der Waals surface area contributed by atoms with E-state index in [2.05, 4.69) is 5.32 Å². The number of hydrogen-bond acceptors (Lipinski definition) is 4. The van der Waals surface area contributed by atoms with E-state index in [0.717, 1.165) is 9.40 Å². The summed E-state index contributed by atoms with van der Waals surface area (Å²) in [6.45, 7) is 0. The molecule has 1 amide bonds. The molecule has 3 aromatic carbocycles. The lowest BCUT2D eigenvalue weighted by atomic mass is 10.1. The summed E-state index contributed by atoms with van der Waals surface area (Å²) in [5, 5.41) is 4.15. The van der Waals surface area contributed by atoms with E-state index >= 15 is 0 Å². The van der Waals surface area contributed by atoms with Crippen molar-refractivity contribution in [1.29, 1.82) is 0 Å². The number of amides is 1. The van der Waals surface area contributed by atoms with Gasteiger partial charge in [0, 0.05) is 31.4 Å². The Morgan fingerprint density at radius 3 is 2.58 bits per heavy atom. The monoisotopic (exact) mass is 361 g/mol. The predicted molar refractivity (Wildman–Crippen MR) is 107 cm³/mol. The molecule has 1 aromatic heterocycles. The smallest absolute Gasteiger partial charge is 0.255 e. The lowest BCUT2D eigenvalue weighted by molar-refractivity contribution is 0.102. The lowest BCUT2D eigenvalue weighted by Gasteiger charge is -2.08. The fraction of sp³-hybridized carbons (Fsp3) is 0.0476. The third kappa shape index (κ3) is 2.93. The summed E-state index contributed by atoms with van der Waals surface area (Å²) >= 11 is 1.57. The quantitative estimate of drug-likeness (QED) is 0.539. The minimum Gasteiger partial charge on any atom is -0.497 e. The van der Waals surface area contributed by atoms with Gasteiger partial charge in [0.15, 0.2) is 5.43 Å². The van der Waals surface area contributed by atoms with Crippen molar-refractivity contribution in [2.24, 2.45) is 0 Å². The molecular formula is C21H15NO3S. The van der Waals surface area contributed by atoms with Gasteiger partial charge in [0.05, 0.1) is 7.11 Å². The molecule has 128 valence electrons. The van der Waals surface area contributed by atoms with Crippen molar-refractivity contribution in [3.05, 3.63) is 82.5 Å². The van der Waals surface area contributed by atoms with Gasteiger partial charge in [-0.15, -0.1) is 11.3 Å². The number of anilines is 1. The third-order valence-corrected chi connectivity index (χ3v) is 5.32. The van der Waals surface area contributed by atoms with Gasteiger partial charge in [-0.05, 0) is 48.5 Å². The van der Waals surface area contributed by atoms with Crippen LogP contribution >= 0.6 is 11.3 Å². The van der Waals surface area contributed by atoms with Crippen LogP contribution in [-0.2, 0) is 0 Å². The first kappa shape index (κ1) is 16.3. The highest BCUT2D eigenvalue weighted by atomic mass is 32.1. The molecular weight excluding hydrogens is 346 g/mol. The van der Waals surface area contributed by atoms with E-state index < -0.39 is 0 Å². The summed E-state index contributed by atoms with van der Waals surface area (Å²) in [7, 11) is 1.56. The van der Waals surface area contributed by atoms with Crippen molar-refractivity contribution >= 4 is 43.1 Å². The van der Waals surface area contributed by atoms with Crippen LogP contribution in [0.4, 0.5) is 5.69 Å². The summed E-state index contributed by atoms with van der Waals surface area (Å²) in [6, 6.07) is 19.9. The van der Waals surface area contributed by atoms with E-state index in [1.807, 2.05) is 36.4 Å². The van der Waals surface area contributed by atoms with Crippen LogP contribution in [-0.4, -0.2) is 13.0 Å². The number of benzene rings is 3. The van der Waals surface area contributed by atoms with Gasteiger partial charge in [-0.1, -0.05) is 18.2 Å². The van der Waals surface area contributed by atoms with Gasteiger partial charge in [0.25, 0.3) is 5.91 Å². The van der Waals surface area contributed by atoms with Crippen molar-refractivity contribution in [2.45, 2.75) is 0 Å². The molecule has 5 heteroatoms. The molecule has 0 saturated carbocycles. The van der Waals surface area contributed by atoms with Crippen LogP contribution in [0.3, 0.4) is 0 Å². The maximum atomic E-state index is 12.8. The van der Waals surface area contributed by atoms with Crippen LogP contribution in [0.5, 0.6) is 5.75 Å². The lowest BCUT2D eigenvalue weighted by Crippen LogP contribution is -2.12. The van der Waals surface area contributed by atoms with E-state index in [1.54, 1.807) is 48.8 Å². The zero-order valence-corrected chi connectivity index (χ0v) is 14.8. The Kier molecular flexibility index (Phi) is 4.14. The summed E-state index contributed by atoms with van der Waals surface area (Å²) in [5.74, 6) is 0.367. The molecule has 4 nitrogen and oxygen atoms in total. The number of nitrogens with one attached hydrogen (secondary N) is 1. The predicted octanol–water partition coefficient (Wildman–Crippen LogP) is 4.68. The van der Waals surface area contributed by atoms with E-state index in [1.165, 1.54) is 0 Å². The summed E-state index contributed by atoms with van der Waals surface area (Å²) in [6.07, 6.45) is 0. The Hall–Kier alpha value is -3.18. The van der Waals surface area contributed by atoms with Crippen molar-refractivity contribution in [1.82, 2.24) is 0 Å². The Morgan fingerprint density at radius 1 is 0.923 bits per heavy atom. The summed E-state index contributed by atoms with van der Waals surface area (Å²) in [5.41, 5.74) is 1.06. The van der Waals surface area contributed by atoms with E-state index in [4.69, 9.17) is 4.74 Å². The number of carbonyl (C=O) groups is 1. The average molecular weight is 361 g/mol. The first-order chi connectivity index (χ1) is 12.7. The van der Waals surface area contributed by atoms with Crippen LogP contribution < -0.4 is 15.5 Å². The molecule has 0 unspecified atom stereocenters. The van der Waals surface area contributed by atoms with Gasteiger partial charge < -0.3 is 10.1 Å². The van der Waals surface area contributed by atoms with E-state index in [0.29, 0.717) is 27.8 Å². The highest BCUT2D eigenvalue weighted by molar-refractivity contribution is 7.24. The van der Waals surface area contributed by atoms with Crippen LogP contribution in [0.25, 0.3) is 20.2 Å². The molecule has 26 heavy (non-hydrogen) atoms. The minimum absolute atomic E-state index is 0.0215. The standard InChI is InChI=1S/C21H15NO3S/c1-25-15-6-4-5-13(11-15)21(24)22-14-9-10-19-17(12-14)20(23)16-7-2-3-8-18(16)26-19/h2-12H,1H3,(H,22,24). The minimum atomic E-state index is -0.250. The number of ether oxygens (including phenoxy) is 1. The zero-order chi connectivity index (χ0) is 18.1. The van der Waals surface area contributed by atoms with E-state index in [-0.39, 0.29) is 11.3 Å². The Labute approximate surface area is 153 Å². The molecule has 0 fully saturated rings. The number of fused-ring (bicyclic) bond motifs is 2. The molecule has 0 bridgehead atoms. The number of methoxy groups -OCH3 is 1. The maximum absolute atomic E-state index is 12.8. The molecule has 0 atom stereocenters. The van der Waals surface area contributed by atoms with Gasteiger partial charge in [-0.25, -0.2) is 0 Å². The third-order valence-electron chi connectivity index (χ3n) is 4.17. The van der Waals surface area contributed by atoms with Gasteiger partial charge >= 0.3 is 0 Å². The topological polar surface area (TPSA) is 55.4 Å². The molecule has 4 rings (SSSR count). The fourth-order valence-electron chi connectivity index (χ4n) is 2.85. The number of hydrogen-bond donors (Lipinski definition) is 1. The largest absolute Gasteiger partial charge is 0.497 e. The number of carbonyl (C=O) groups excluding carboxylic acids is 1. The molecule has 1 heterocycles. The van der Waals surface area contributed by atoms with Gasteiger partial charge in [0.2, 0.25) is 0 Å². The molecule has 4 aromatic rings. The Bertz CT molecular complexity index is 1200. The molecule has 0 aliphatic rings. The van der Waals surface area contributed by atoms with E-state index in [9.17, 15) is 9.59 Å². The zero-order valence-electron chi connectivity index (χ0n) is 14.0. The van der Waals surface area contributed by atoms with Crippen LogP contribution in [0.15, 0.2) is 71.5 Å². The van der Waals surface area contributed by atoms with Crippen LogP contribution in [0.2, 0.25) is 0 Å². The van der Waals surface area contributed by atoms with Crippen molar-refractivity contribution in [3.8, 4) is 5.75 Å². The summed E-state index contributed by atoms with van der Waals surface area (Å²) < 4.78 is 7.00. The normalized spacial score (nSPS) is 10.8. The molecule has 0 aliphatic heterocycles. The fourth-order valence-corrected chi connectivity index (χ4v) is 3.90. The number of rotatable bonds is 3. The second-order valence-electron chi connectivity index (χ2n) is 5.82. The Morgan fingerprint density at radius 2 is 1.73 bits per heavy atom. The van der Waals surface area contributed by atoms with Crippen LogP contribution in [0, 0.1) is 0 Å². The molecule has 0 aliphatic carbocycles. The SMILES string of the molecule is COc1cccc(C(=O)Nc2ccc3sc4ccccc4c(=O)c3c2)c1. The van der Waals surface area contributed by atoms with Crippen LogP contribution in [0.1, 0.15) is 10.4 Å². The van der Waals surface area contributed by atoms with Gasteiger partial charge in [-0.2, -0.15) is 0 Å². The second-order valence-corrected chi connectivity index (χ2v) is 6.91. The van der Waals surface area contributed by atoms with Crippen molar-refractivity contribution in [3.63, 3.8) is 0 Å². The first-order valence-electron chi connectivity index (χ1n) is 8.07. The molecule has 1 N–H and O–H groups in total. The van der Waals surface area contributed by atoms with Crippen molar-refractivity contribution in [2.75, 3.05) is 12.4 Å². The van der Waals surface area contributed by atoms with Gasteiger partial charge in [-0.3, -0.25) is 9.59 Å². The average Bonchev–Trinajstić information content (AvgIpc) is 2.68. The van der Waals surface area contributed by atoms with Gasteiger partial charge in [0.1, 0.15) is 5.75 Å². The second kappa shape index (κ2) is 6.61. The van der Waals surface area contributed by atoms with Crippen molar-refractivity contribution < 1.29 is 9.53 Å². The molecule has 0 saturated heterocycles. The molecule has 0 spiro atoms. The highest BCUT2D eigenvalue weighted by Crippen LogP contribution is 2.26. The molecule has 0 radical (unpaired) electrons. The first-order valence-corrected chi connectivity index (χ1v) is 8.88. The highest BCUT2D eigenvalue weighted by Gasteiger charge is 2.10. The summed E-state index contributed by atoms with van der Waals surface area (Å²) in [4.78, 5) is 25.2. The maximum Gasteiger partial charge on any atom is 0.255 e.